The molecular weight excluding hydrogens is 572 g/mol. The lowest BCUT2D eigenvalue weighted by atomic mass is 9.53. The molecule has 1 saturated heterocycles. The standard InChI is InChI=1S/C36H42N2O5S/c1-41-31-4-2-3-5-33(31)44-22-30-17-32(27-8-6-23(21-39)7-9-27)43-34(42-30)28-10-12-29(13-11-28)37-35(40)38-36-18-24-14-25(19-36)16-26(15-24)20-36/h2-13,24-26,30,32,34,39H,14-22H2,1H3,(H2,37,38,40). The average molecular weight is 615 g/mol. The molecule has 4 aliphatic carbocycles. The molecule has 0 radical (unpaired) electrons. The van der Waals surface area contributed by atoms with Gasteiger partial charge in [-0.3, -0.25) is 0 Å². The molecule has 7 nitrogen and oxygen atoms in total. The number of nitrogens with one attached hydrogen (secondary N) is 2. The Kier molecular flexibility index (Phi) is 8.60. The van der Waals surface area contributed by atoms with Crippen LogP contribution in [0.25, 0.3) is 0 Å². The first kappa shape index (κ1) is 29.7. The quantitative estimate of drug-likeness (QED) is 0.215. The zero-order valence-corrected chi connectivity index (χ0v) is 26.1. The average Bonchev–Trinajstić information content (AvgIpc) is 3.03. The fraction of sp³-hybridized carbons (Fsp3) is 0.472. The van der Waals surface area contributed by atoms with E-state index >= 15 is 0 Å². The number of para-hydroxylation sites is 1. The van der Waals surface area contributed by atoms with E-state index in [9.17, 15) is 9.90 Å². The van der Waals surface area contributed by atoms with E-state index in [0.29, 0.717) is 6.42 Å². The Morgan fingerprint density at radius 3 is 2.20 bits per heavy atom. The Bertz CT molecular complexity index is 1410. The zero-order chi connectivity index (χ0) is 30.1. The molecule has 5 fully saturated rings. The minimum absolute atomic E-state index is 0.0106. The summed E-state index contributed by atoms with van der Waals surface area (Å²) in [6, 6.07) is 23.7. The summed E-state index contributed by atoms with van der Waals surface area (Å²) in [5.74, 6) is 3.95. The second-order valence-corrected chi connectivity index (χ2v) is 14.3. The molecule has 3 N–H and O–H groups in total. The number of hydrogen-bond acceptors (Lipinski definition) is 6. The molecular formula is C36H42N2O5S. The van der Waals surface area contributed by atoms with Crippen molar-refractivity contribution >= 4 is 23.5 Å². The molecule has 3 unspecified atom stereocenters. The summed E-state index contributed by atoms with van der Waals surface area (Å²) in [5, 5.41) is 16.0. The van der Waals surface area contributed by atoms with Gasteiger partial charge in [-0.05, 0) is 91.7 Å². The number of methoxy groups -OCH3 is 1. The number of aliphatic hydroxyl groups excluding tert-OH is 1. The molecule has 2 amide bonds. The number of anilines is 1. The molecule has 4 saturated carbocycles. The summed E-state index contributed by atoms with van der Waals surface area (Å²) in [4.78, 5) is 14.2. The van der Waals surface area contributed by atoms with Crippen LogP contribution < -0.4 is 15.4 Å². The molecule has 232 valence electrons. The lowest BCUT2D eigenvalue weighted by Crippen LogP contribution is -2.60. The van der Waals surface area contributed by atoms with E-state index in [1.807, 2.05) is 66.7 Å². The number of ether oxygens (including phenoxy) is 3. The number of rotatable bonds is 9. The number of hydrogen-bond donors (Lipinski definition) is 3. The van der Waals surface area contributed by atoms with Crippen LogP contribution in [0.5, 0.6) is 5.75 Å². The van der Waals surface area contributed by atoms with Gasteiger partial charge < -0.3 is 30.0 Å². The van der Waals surface area contributed by atoms with Crippen molar-refractivity contribution in [3.05, 3.63) is 89.5 Å². The fourth-order valence-electron chi connectivity index (χ4n) is 8.33. The highest BCUT2D eigenvalue weighted by Gasteiger charge is 2.51. The molecule has 3 atom stereocenters. The number of carbonyl (C=O) groups excluding carboxylic acids is 1. The molecule has 3 aromatic carbocycles. The van der Waals surface area contributed by atoms with Gasteiger partial charge in [-0.15, -0.1) is 11.8 Å². The molecule has 4 bridgehead atoms. The number of urea groups is 1. The molecule has 0 aromatic heterocycles. The number of amides is 2. The topological polar surface area (TPSA) is 89.0 Å². The first-order valence-electron chi connectivity index (χ1n) is 15.9. The van der Waals surface area contributed by atoms with Crippen molar-refractivity contribution in [1.82, 2.24) is 5.32 Å². The summed E-state index contributed by atoms with van der Waals surface area (Å²) in [5.41, 5.74) is 3.56. The van der Waals surface area contributed by atoms with Crippen LogP contribution in [-0.2, 0) is 16.1 Å². The predicted octanol–water partition coefficient (Wildman–Crippen LogP) is 7.62. The maximum Gasteiger partial charge on any atom is 0.319 e. The first-order chi connectivity index (χ1) is 21.5. The summed E-state index contributed by atoms with van der Waals surface area (Å²) in [7, 11) is 1.69. The summed E-state index contributed by atoms with van der Waals surface area (Å²) < 4.78 is 18.6. The van der Waals surface area contributed by atoms with Gasteiger partial charge in [0.15, 0.2) is 6.29 Å². The van der Waals surface area contributed by atoms with Crippen LogP contribution in [0, 0.1) is 17.8 Å². The van der Waals surface area contributed by atoms with Gasteiger partial charge in [-0.25, -0.2) is 4.79 Å². The molecule has 8 heteroatoms. The number of aliphatic hydroxyl groups is 1. The minimum atomic E-state index is -0.551. The van der Waals surface area contributed by atoms with Gasteiger partial charge in [0.25, 0.3) is 0 Å². The normalized spacial score (nSPS) is 30.6. The Balaban J connectivity index is 1.03. The van der Waals surface area contributed by atoms with Gasteiger partial charge in [0.1, 0.15) is 5.75 Å². The number of carbonyl (C=O) groups is 1. The maximum atomic E-state index is 13.1. The van der Waals surface area contributed by atoms with Crippen molar-refractivity contribution in [3.8, 4) is 5.75 Å². The third-order valence-electron chi connectivity index (χ3n) is 9.97. The fourth-order valence-corrected chi connectivity index (χ4v) is 9.38. The van der Waals surface area contributed by atoms with Crippen LogP contribution >= 0.6 is 11.8 Å². The second kappa shape index (κ2) is 12.8. The Morgan fingerprint density at radius 2 is 1.55 bits per heavy atom. The van der Waals surface area contributed by atoms with E-state index in [4.69, 9.17) is 14.2 Å². The highest BCUT2D eigenvalue weighted by Crippen LogP contribution is 2.55. The lowest BCUT2D eigenvalue weighted by molar-refractivity contribution is -0.245. The van der Waals surface area contributed by atoms with E-state index in [1.165, 1.54) is 19.3 Å². The van der Waals surface area contributed by atoms with E-state index < -0.39 is 6.29 Å². The highest BCUT2D eigenvalue weighted by atomic mass is 32.2. The van der Waals surface area contributed by atoms with Crippen LogP contribution in [0.4, 0.5) is 10.5 Å². The Labute approximate surface area is 264 Å². The van der Waals surface area contributed by atoms with Crippen molar-refractivity contribution in [2.75, 3.05) is 18.2 Å². The molecule has 8 rings (SSSR count). The van der Waals surface area contributed by atoms with Crippen molar-refractivity contribution < 1.29 is 24.1 Å². The summed E-state index contributed by atoms with van der Waals surface area (Å²) in [6.07, 6.45) is 7.37. The Morgan fingerprint density at radius 1 is 0.886 bits per heavy atom. The van der Waals surface area contributed by atoms with Crippen molar-refractivity contribution in [1.29, 1.82) is 0 Å². The van der Waals surface area contributed by atoms with Crippen LogP contribution in [0.1, 0.15) is 74.0 Å². The van der Waals surface area contributed by atoms with E-state index in [0.717, 1.165) is 75.8 Å². The molecule has 44 heavy (non-hydrogen) atoms. The molecule has 5 aliphatic rings. The molecule has 1 aliphatic heterocycles. The van der Waals surface area contributed by atoms with E-state index in [2.05, 4.69) is 16.7 Å². The molecule has 3 aromatic rings. The second-order valence-electron chi connectivity index (χ2n) is 13.2. The third kappa shape index (κ3) is 6.50. The predicted molar refractivity (Wildman–Crippen MR) is 172 cm³/mol. The molecule has 1 heterocycles. The van der Waals surface area contributed by atoms with Gasteiger partial charge in [-0.2, -0.15) is 0 Å². The van der Waals surface area contributed by atoms with Crippen LogP contribution in [0.3, 0.4) is 0 Å². The summed E-state index contributed by atoms with van der Waals surface area (Å²) in [6.45, 7) is 0.0106. The molecule has 0 spiro atoms. The van der Waals surface area contributed by atoms with E-state index in [1.54, 1.807) is 18.9 Å². The van der Waals surface area contributed by atoms with Crippen LogP contribution in [-0.4, -0.2) is 35.6 Å². The Hall–Kier alpha value is -3.04. The lowest BCUT2D eigenvalue weighted by Gasteiger charge is -2.56. The maximum absolute atomic E-state index is 13.1. The van der Waals surface area contributed by atoms with Gasteiger partial charge in [0.2, 0.25) is 0 Å². The highest BCUT2D eigenvalue weighted by molar-refractivity contribution is 7.99. The number of thioether (sulfide) groups is 1. The zero-order valence-electron chi connectivity index (χ0n) is 25.2. The monoisotopic (exact) mass is 614 g/mol. The first-order valence-corrected chi connectivity index (χ1v) is 16.9. The minimum Gasteiger partial charge on any atom is -0.496 e. The van der Waals surface area contributed by atoms with Crippen molar-refractivity contribution in [2.24, 2.45) is 17.8 Å². The van der Waals surface area contributed by atoms with Crippen molar-refractivity contribution in [3.63, 3.8) is 0 Å². The van der Waals surface area contributed by atoms with Gasteiger partial charge >= 0.3 is 6.03 Å². The van der Waals surface area contributed by atoms with Crippen LogP contribution in [0.15, 0.2) is 77.7 Å². The van der Waals surface area contributed by atoms with Gasteiger partial charge in [-0.1, -0.05) is 48.5 Å². The SMILES string of the molecule is COc1ccccc1SCC1CC(c2ccc(CO)cc2)OC(c2ccc(NC(=O)NC34CC5CC(CC(C5)C3)C4)cc2)O1. The number of benzene rings is 3. The smallest absolute Gasteiger partial charge is 0.319 e. The van der Waals surface area contributed by atoms with Crippen molar-refractivity contribution in [2.45, 2.75) is 80.5 Å². The van der Waals surface area contributed by atoms with Crippen LogP contribution in [0.2, 0.25) is 0 Å². The van der Waals surface area contributed by atoms with Gasteiger partial charge in [0.05, 0.1) is 25.9 Å². The van der Waals surface area contributed by atoms with Gasteiger partial charge in [0, 0.05) is 33.9 Å². The third-order valence-corrected chi connectivity index (χ3v) is 11.2. The largest absolute Gasteiger partial charge is 0.496 e. The van der Waals surface area contributed by atoms with E-state index in [-0.39, 0.29) is 30.4 Å². The summed E-state index contributed by atoms with van der Waals surface area (Å²) >= 11 is 1.72.